The van der Waals surface area contributed by atoms with Crippen molar-refractivity contribution in [2.24, 2.45) is 0 Å². The SMILES string of the molecule is O=C(Nc1ccc2c(c1)CN(C(=O)[C@@H](Cc1ccc(Br)s1)Nc1ccccc1)C2)c1ccccc1. The molecule has 7 heteroatoms. The first-order valence-electron chi connectivity index (χ1n) is 11.4. The lowest BCUT2D eigenvalue weighted by molar-refractivity contribution is -0.132. The van der Waals surface area contributed by atoms with Crippen LogP contribution in [-0.2, 0) is 24.3 Å². The standard InChI is InChI=1S/C28H24BrN3O2S/c29-26-14-13-24(35-26)16-25(30-22-9-5-2-6-10-22)28(34)32-17-20-11-12-23(15-21(20)18-32)31-27(33)19-7-3-1-4-8-19/h1-15,25,30H,16-18H2,(H,31,33)/t25-/m1/s1. The van der Waals surface area contributed by atoms with Gasteiger partial charge >= 0.3 is 0 Å². The molecule has 0 fully saturated rings. The Balaban J connectivity index is 1.30. The number of rotatable bonds is 7. The Labute approximate surface area is 216 Å². The number of carbonyl (C=O) groups excluding carboxylic acids is 2. The Morgan fingerprint density at radius 3 is 2.29 bits per heavy atom. The fraction of sp³-hybridized carbons (Fsp3) is 0.143. The molecule has 0 bridgehead atoms. The molecule has 2 amide bonds. The van der Waals surface area contributed by atoms with Crippen LogP contribution in [0.4, 0.5) is 11.4 Å². The molecule has 0 aliphatic carbocycles. The number of amides is 2. The largest absolute Gasteiger partial charge is 0.373 e. The predicted octanol–water partition coefficient (Wildman–Crippen LogP) is 6.33. The van der Waals surface area contributed by atoms with Gasteiger partial charge in [-0.1, -0.05) is 42.5 Å². The Kier molecular flexibility index (Phi) is 6.97. The Bertz CT molecular complexity index is 1340. The van der Waals surface area contributed by atoms with Crippen LogP contribution in [0.3, 0.4) is 0 Å². The van der Waals surface area contributed by atoms with E-state index in [1.165, 1.54) is 0 Å². The number of para-hydroxylation sites is 1. The van der Waals surface area contributed by atoms with E-state index in [4.69, 9.17) is 0 Å². The Morgan fingerprint density at radius 1 is 0.857 bits per heavy atom. The van der Waals surface area contributed by atoms with Crippen molar-refractivity contribution < 1.29 is 9.59 Å². The molecule has 2 heterocycles. The average Bonchev–Trinajstić information content (AvgIpc) is 3.49. The Hall–Kier alpha value is -3.42. The minimum Gasteiger partial charge on any atom is -0.373 e. The van der Waals surface area contributed by atoms with E-state index in [9.17, 15) is 9.59 Å². The number of hydrogen-bond acceptors (Lipinski definition) is 4. The number of anilines is 2. The molecule has 0 spiro atoms. The highest BCUT2D eigenvalue weighted by Gasteiger charge is 2.30. The predicted molar refractivity (Wildman–Crippen MR) is 145 cm³/mol. The van der Waals surface area contributed by atoms with Crippen LogP contribution in [0.15, 0.2) is 94.8 Å². The zero-order chi connectivity index (χ0) is 24.2. The van der Waals surface area contributed by atoms with E-state index >= 15 is 0 Å². The molecule has 0 saturated carbocycles. The molecular formula is C28H24BrN3O2S. The topological polar surface area (TPSA) is 61.4 Å². The highest BCUT2D eigenvalue weighted by Crippen LogP contribution is 2.29. The second-order valence-corrected chi connectivity index (χ2v) is 11.0. The van der Waals surface area contributed by atoms with E-state index in [2.05, 4.69) is 32.6 Å². The van der Waals surface area contributed by atoms with Crippen LogP contribution in [0.5, 0.6) is 0 Å². The lowest BCUT2D eigenvalue weighted by Crippen LogP contribution is -2.41. The summed E-state index contributed by atoms with van der Waals surface area (Å²) in [6, 6.07) is 28.5. The first-order chi connectivity index (χ1) is 17.0. The van der Waals surface area contributed by atoms with Crippen LogP contribution >= 0.6 is 27.3 Å². The van der Waals surface area contributed by atoms with Crippen molar-refractivity contribution in [1.29, 1.82) is 0 Å². The van der Waals surface area contributed by atoms with Crippen molar-refractivity contribution in [3.05, 3.63) is 116 Å². The third-order valence-electron chi connectivity index (χ3n) is 5.98. The second-order valence-electron chi connectivity index (χ2n) is 8.47. The summed E-state index contributed by atoms with van der Waals surface area (Å²) in [5.41, 5.74) is 4.42. The van der Waals surface area contributed by atoms with E-state index in [0.717, 1.165) is 31.2 Å². The minimum absolute atomic E-state index is 0.0597. The van der Waals surface area contributed by atoms with Crippen LogP contribution in [0.2, 0.25) is 0 Å². The molecule has 5 rings (SSSR count). The number of thiophene rings is 1. The fourth-order valence-corrected chi connectivity index (χ4v) is 5.77. The van der Waals surface area contributed by atoms with Gasteiger partial charge in [0.05, 0.1) is 3.79 Å². The van der Waals surface area contributed by atoms with Gasteiger partial charge in [-0.3, -0.25) is 9.59 Å². The van der Waals surface area contributed by atoms with Gasteiger partial charge in [-0.15, -0.1) is 11.3 Å². The van der Waals surface area contributed by atoms with Gasteiger partial charge in [0.15, 0.2) is 0 Å². The van der Waals surface area contributed by atoms with Gasteiger partial charge in [0, 0.05) is 41.3 Å². The molecule has 0 radical (unpaired) electrons. The van der Waals surface area contributed by atoms with E-state index in [0.29, 0.717) is 25.1 Å². The van der Waals surface area contributed by atoms with Crippen LogP contribution < -0.4 is 10.6 Å². The van der Waals surface area contributed by atoms with Crippen molar-refractivity contribution in [1.82, 2.24) is 4.90 Å². The molecule has 1 aliphatic rings. The third kappa shape index (κ3) is 5.63. The van der Waals surface area contributed by atoms with E-state index in [1.807, 2.05) is 77.7 Å². The number of carbonyl (C=O) groups is 2. The van der Waals surface area contributed by atoms with Gasteiger partial charge in [-0.25, -0.2) is 0 Å². The number of nitrogens with one attached hydrogen (secondary N) is 2. The molecule has 35 heavy (non-hydrogen) atoms. The monoisotopic (exact) mass is 545 g/mol. The molecule has 0 unspecified atom stereocenters. The van der Waals surface area contributed by atoms with Crippen LogP contribution in [-0.4, -0.2) is 22.8 Å². The van der Waals surface area contributed by atoms with Gasteiger partial charge in [0.2, 0.25) is 5.91 Å². The summed E-state index contributed by atoms with van der Waals surface area (Å²) in [6.07, 6.45) is 0.606. The first-order valence-corrected chi connectivity index (χ1v) is 13.0. The smallest absolute Gasteiger partial charge is 0.255 e. The highest BCUT2D eigenvalue weighted by molar-refractivity contribution is 9.11. The number of benzene rings is 3. The fourth-order valence-electron chi connectivity index (χ4n) is 4.24. The molecule has 1 aromatic heterocycles. The maximum absolute atomic E-state index is 13.7. The van der Waals surface area contributed by atoms with Crippen LogP contribution in [0, 0.1) is 0 Å². The quantitative estimate of drug-likeness (QED) is 0.285. The summed E-state index contributed by atoms with van der Waals surface area (Å²) < 4.78 is 1.05. The lowest BCUT2D eigenvalue weighted by atomic mass is 10.1. The second kappa shape index (κ2) is 10.5. The Morgan fingerprint density at radius 2 is 1.57 bits per heavy atom. The molecule has 0 saturated heterocycles. The summed E-state index contributed by atoms with van der Waals surface area (Å²) in [6.45, 7) is 1.08. The van der Waals surface area contributed by atoms with Crippen molar-refractivity contribution >= 4 is 50.5 Å². The molecule has 2 N–H and O–H groups in total. The van der Waals surface area contributed by atoms with Gasteiger partial charge in [0.25, 0.3) is 5.91 Å². The summed E-state index contributed by atoms with van der Waals surface area (Å²) in [5, 5.41) is 6.40. The van der Waals surface area contributed by atoms with Gasteiger partial charge in [-0.05, 0) is 75.6 Å². The van der Waals surface area contributed by atoms with Crippen molar-refractivity contribution in [2.75, 3.05) is 10.6 Å². The zero-order valence-corrected chi connectivity index (χ0v) is 21.3. The summed E-state index contributed by atoms with van der Waals surface area (Å²) in [5.74, 6) is -0.0878. The van der Waals surface area contributed by atoms with E-state index < -0.39 is 0 Å². The summed E-state index contributed by atoms with van der Waals surface area (Å²) in [7, 11) is 0. The maximum Gasteiger partial charge on any atom is 0.255 e. The van der Waals surface area contributed by atoms with Gasteiger partial charge < -0.3 is 15.5 Å². The van der Waals surface area contributed by atoms with Crippen molar-refractivity contribution in [2.45, 2.75) is 25.6 Å². The van der Waals surface area contributed by atoms with E-state index in [-0.39, 0.29) is 17.9 Å². The molecule has 5 nitrogen and oxygen atoms in total. The molecule has 176 valence electrons. The molecule has 1 atom stereocenters. The van der Waals surface area contributed by atoms with Gasteiger partial charge in [-0.2, -0.15) is 0 Å². The number of hydrogen-bond donors (Lipinski definition) is 2. The summed E-state index contributed by atoms with van der Waals surface area (Å²) in [4.78, 5) is 29.2. The van der Waals surface area contributed by atoms with Crippen LogP contribution in [0.25, 0.3) is 0 Å². The number of halogens is 1. The molecule has 4 aromatic rings. The third-order valence-corrected chi connectivity index (χ3v) is 7.63. The number of fused-ring (bicyclic) bond motifs is 1. The number of nitrogens with zero attached hydrogens (tertiary/aromatic N) is 1. The van der Waals surface area contributed by atoms with E-state index in [1.54, 1.807) is 23.5 Å². The highest BCUT2D eigenvalue weighted by atomic mass is 79.9. The normalized spacial score (nSPS) is 13.2. The lowest BCUT2D eigenvalue weighted by Gasteiger charge is -2.24. The minimum atomic E-state index is -0.380. The molecule has 1 aliphatic heterocycles. The van der Waals surface area contributed by atoms with Crippen LogP contribution in [0.1, 0.15) is 26.4 Å². The molecule has 3 aromatic carbocycles. The average molecular weight is 546 g/mol. The van der Waals surface area contributed by atoms with Crippen molar-refractivity contribution in [3.8, 4) is 0 Å². The van der Waals surface area contributed by atoms with Gasteiger partial charge in [0.1, 0.15) is 6.04 Å². The van der Waals surface area contributed by atoms with Crippen molar-refractivity contribution in [3.63, 3.8) is 0 Å². The zero-order valence-electron chi connectivity index (χ0n) is 18.9. The summed E-state index contributed by atoms with van der Waals surface area (Å²) >= 11 is 5.17. The molecular weight excluding hydrogens is 522 g/mol. The maximum atomic E-state index is 13.7. The first kappa shape index (κ1) is 23.3.